The number of rotatable bonds is 5. The summed E-state index contributed by atoms with van der Waals surface area (Å²) in [5.41, 5.74) is 4.31. The zero-order valence-electron chi connectivity index (χ0n) is 16.3. The average molecular weight is 468 g/mol. The van der Waals surface area contributed by atoms with Crippen LogP contribution in [0, 0.1) is 0 Å². The highest BCUT2D eigenvalue weighted by Crippen LogP contribution is 2.14. The van der Waals surface area contributed by atoms with Crippen molar-refractivity contribution < 1.29 is 0 Å². The molecule has 152 valence electrons. The lowest BCUT2D eigenvalue weighted by Crippen LogP contribution is -2.39. The molecule has 0 unspecified atom stereocenters. The lowest BCUT2D eigenvalue weighted by molar-refractivity contribution is 0.655. The van der Waals surface area contributed by atoms with E-state index in [1.807, 2.05) is 36.4 Å². The molecule has 0 aliphatic rings. The first-order valence-corrected chi connectivity index (χ1v) is 9.85. The molecule has 0 spiro atoms. The van der Waals surface area contributed by atoms with Gasteiger partial charge in [-0.05, 0) is 35.4 Å². The molecule has 4 rings (SSSR count). The van der Waals surface area contributed by atoms with E-state index in [4.69, 9.17) is 0 Å². The number of hydrogen-bond donors (Lipinski definition) is 1. The van der Waals surface area contributed by atoms with Gasteiger partial charge >= 0.3 is 5.69 Å². The van der Waals surface area contributed by atoms with Gasteiger partial charge in [0.1, 0.15) is 0 Å². The molecule has 0 fully saturated rings. The monoisotopic (exact) mass is 467 g/mol. The molecule has 0 amide bonds. The third-order valence-corrected chi connectivity index (χ3v) is 5.23. The van der Waals surface area contributed by atoms with Crippen LogP contribution in [0.2, 0.25) is 0 Å². The van der Waals surface area contributed by atoms with E-state index in [9.17, 15) is 9.59 Å². The fourth-order valence-electron chi connectivity index (χ4n) is 3.07. The maximum absolute atomic E-state index is 13.1. The molecule has 0 saturated heterocycles. The zero-order chi connectivity index (χ0) is 21.3. The molecule has 1 aromatic carbocycles. The molecule has 3 heterocycles. The van der Waals surface area contributed by atoms with Crippen molar-refractivity contribution in [1.82, 2.24) is 23.7 Å². The Kier molecular flexibility index (Phi) is 5.32. The lowest BCUT2D eigenvalue weighted by Gasteiger charge is -2.09. The van der Waals surface area contributed by atoms with Crippen LogP contribution < -0.4 is 16.7 Å². The van der Waals surface area contributed by atoms with Crippen LogP contribution in [-0.4, -0.2) is 29.9 Å². The summed E-state index contributed by atoms with van der Waals surface area (Å²) >= 11 is 3.38. The second-order valence-electron chi connectivity index (χ2n) is 6.68. The first-order valence-electron chi connectivity index (χ1n) is 9.05. The number of anilines is 1. The van der Waals surface area contributed by atoms with Crippen LogP contribution in [0.5, 0.6) is 0 Å². The topological polar surface area (TPSA) is 99.1 Å². The Labute approximate surface area is 179 Å². The van der Waals surface area contributed by atoms with Gasteiger partial charge in [-0.15, -0.1) is 0 Å². The number of nitrogens with zero attached hydrogens (tertiary/aromatic N) is 6. The number of aromatic nitrogens is 5. The van der Waals surface area contributed by atoms with Crippen LogP contribution >= 0.6 is 15.9 Å². The standard InChI is InChI=1S/C20H18BrN7O2/c1-26-16-17(24-19(26)25-23-11-13-7-9-22-10-8-13)27(2)20(30)28(18(16)29)12-14-3-5-15(21)6-4-14/h3-11H,12H2,1-2H3,(H,24,25)/b23-11-. The molecule has 0 aliphatic carbocycles. The number of aryl methyl sites for hydroxylation is 2. The van der Waals surface area contributed by atoms with Gasteiger partial charge in [-0.3, -0.25) is 18.9 Å². The quantitative estimate of drug-likeness (QED) is 0.357. The molecular formula is C20H18BrN7O2. The van der Waals surface area contributed by atoms with Gasteiger partial charge in [0.25, 0.3) is 5.56 Å². The van der Waals surface area contributed by atoms with Gasteiger partial charge in [0.15, 0.2) is 11.2 Å². The van der Waals surface area contributed by atoms with Crippen LogP contribution in [0.3, 0.4) is 0 Å². The third kappa shape index (κ3) is 3.69. The van der Waals surface area contributed by atoms with Crippen LogP contribution in [0.1, 0.15) is 11.1 Å². The normalized spacial score (nSPS) is 11.4. The molecule has 0 saturated carbocycles. The third-order valence-electron chi connectivity index (χ3n) is 4.70. The van der Waals surface area contributed by atoms with E-state index in [0.717, 1.165) is 15.6 Å². The fraction of sp³-hybridized carbons (Fsp3) is 0.150. The van der Waals surface area contributed by atoms with E-state index in [1.165, 1.54) is 9.13 Å². The number of benzene rings is 1. The smallest absolute Gasteiger partial charge is 0.306 e. The van der Waals surface area contributed by atoms with Crippen molar-refractivity contribution in [3.8, 4) is 0 Å². The van der Waals surface area contributed by atoms with Gasteiger partial charge in [-0.2, -0.15) is 10.1 Å². The molecule has 0 aliphatic heterocycles. The number of imidazole rings is 1. The van der Waals surface area contributed by atoms with Crippen molar-refractivity contribution in [1.29, 1.82) is 0 Å². The number of nitrogens with one attached hydrogen (secondary N) is 1. The molecule has 0 atom stereocenters. The molecule has 30 heavy (non-hydrogen) atoms. The van der Waals surface area contributed by atoms with Gasteiger partial charge < -0.3 is 4.57 Å². The van der Waals surface area contributed by atoms with Crippen molar-refractivity contribution in [3.63, 3.8) is 0 Å². The van der Waals surface area contributed by atoms with Crippen LogP contribution in [-0.2, 0) is 20.6 Å². The highest BCUT2D eigenvalue weighted by Gasteiger charge is 2.18. The number of hydrazone groups is 1. The van der Waals surface area contributed by atoms with Gasteiger partial charge in [-0.25, -0.2) is 10.2 Å². The minimum Gasteiger partial charge on any atom is -0.306 e. The van der Waals surface area contributed by atoms with Crippen molar-refractivity contribution >= 4 is 39.3 Å². The first kappa shape index (κ1) is 19.8. The number of pyridine rings is 1. The Morgan fingerprint density at radius 1 is 1.07 bits per heavy atom. The highest BCUT2D eigenvalue weighted by molar-refractivity contribution is 9.10. The van der Waals surface area contributed by atoms with E-state index >= 15 is 0 Å². The van der Waals surface area contributed by atoms with Crippen LogP contribution in [0.15, 0.2) is 68.0 Å². The average Bonchev–Trinajstić information content (AvgIpc) is 3.08. The Balaban J connectivity index is 1.73. The summed E-state index contributed by atoms with van der Waals surface area (Å²) in [6, 6.07) is 11.1. The summed E-state index contributed by atoms with van der Waals surface area (Å²) < 4.78 is 5.10. The van der Waals surface area contributed by atoms with Gasteiger partial charge in [0, 0.05) is 31.0 Å². The molecule has 1 N–H and O–H groups in total. The van der Waals surface area contributed by atoms with Crippen LogP contribution in [0.25, 0.3) is 11.2 Å². The molecule has 4 aromatic rings. The van der Waals surface area contributed by atoms with E-state index in [1.54, 1.807) is 37.3 Å². The summed E-state index contributed by atoms with van der Waals surface area (Å²) in [6.45, 7) is 0.170. The molecule has 10 heteroatoms. The maximum atomic E-state index is 13.1. The predicted octanol–water partition coefficient (Wildman–Crippen LogP) is 2.09. The summed E-state index contributed by atoms with van der Waals surface area (Å²) in [5.74, 6) is 0.351. The van der Waals surface area contributed by atoms with Crippen molar-refractivity contribution in [2.45, 2.75) is 6.54 Å². The lowest BCUT2D eigenvalue weighted by atomic mass is 10.2. The molecular weight excluding hydrogens is 450 g/mol. The zero-order valence-corrected chi connectivity index (χ0v) is 17.9. The minimum atomic E-state index is -0.430. The second-order valence-corrected chi connectivity index (χ2v) is 7.59. The number of halogens is 1. The summed E-state index contributed by atoms with van der Waals surface area (Å²) in [5, 5.41) is 4.16. The van der Waals surface area contributed by atoms with E-state index in [-0.39, 0.29) is 6.54 Å². The molecule has 0 radical (unpaired) electrons. The Morgan fingerprint density at radius 3 is 2.47 bits per heavy atom. The summed E-state index contributed by atoms with van der Waals surface area (Å²) in [7, 11) is 3.30. The van der Waals surface area contributed by atoms with E-state index < -0.39 is 11.2 Å². The number of fused-ring (bicyclic) bond motifs is 1. The SMILES string of the molecule is Cn1c(N/N=C\c2ccncc2)nc2c1c(=O)n(Cc1ccc(Br)cc1)c(=O)n2C. The first-order chi connectivity index (χ1) is 14.5. The Hall–Kier alpha value is -3.53. The van der Waals surface area contributed by atoms with Gasteiger partial charge in [0.05, 0.1) is 12.8 Å². The van der Waals surface area contributed by atoms with Crippen molar-refractivity contribution in [2.24, 2.45) is 19.2 Å². The molecule has 0 bridgehead atoms. The van der Waals surface area contributed by atoms with Gasteiger partial charge in [0.2, 0.25) is 5.95 Å². The van der Waals surface area contributed by atoms with E-state index in [0.29, 0.717) is 17.1 Å². The fourth-order valence-corrected chi connectivity index (χ4v) is 3.33. The Morgan fingerprint density at radius 2 is 1.77 bits per heavy atom. The van der Waals surface area contributed by atoms with Crippen molar-refractivity contribution in [2.75, 3.05) is 5.43 Å². The van der Waals surface area contributed by atoms with Crippen LogP contribution in [0.4, 0.5) is 5.95 Å². The minimum absolute atomic E-state index is 0.170. The van der Waals surface area contributed by atoms with Crippen molar-refractivity contribution in [3.05, 3.63) is 85.2 Å². The summed E-state index contributed by atoms with van der Waals surface area (Å²) in [4.78, 5) is 34.3. The highest BCUT2D eigenvalue weighted by atomic mass is 79.9. The Bertz CT molecular complexity index is 1350. The second kappa shape index (κ2) is 8.07. The van der Waals surface area contributed by atoms with E-state index in [2.05, 4.69) is 36.4 Å². The molecule has 9 nitrogen and oxygen atoms in total. The molecule has 3 aromatic heterocycles. The summed E-state index contributed by atoms with van der Waals surface area (Å²) in [6.07, 6.45) is 4.95. The predicted molar refractivity (Wildman–Crippen MR) is 119 cm³/mol. The number of hydrogen-bond acceptors (Lipinski definition) is 6. The largest absolute Gasteiger partial charge is 0.332 e. The maximum Gasteiger partial charge on any atom is 0.332 e. The van der Waals surface area contributed by atoms with Gasteiger partial charge in [-0.1, -0.05) is 28.1 Å².